The van der Waals surface area contributed by atoms with Crippen LogP contribution in [0.15, 0.2) is 11.4 Å². The van der Waals surface area contributed by atoms with Crippen LogP contribution in [0.4, 0.5) is 0 Å². The van der Waals surface area contributed by atoms with Crippen molar-refractivity contribution >= 4 is 21.4 Å². The lowest BCUT2D eigenvalue weighted by Crippen LogP contribution is -2.33. The van der Waals surface area contributed by atoms with Crippen molar-refractivity contribution < 1.29 is 13.2 Å². The molecule has 0 bridgehead atoms. The summed E-state index contributed by atoms with van der Waals surface area (Å²) < 4.78 is 30.9. The van der Waals surface area contributed by atoms with E-state index >= 15 is 0 Å². The lowest BCUT2D eigenvalue weighted by molar-refractivity contribution is 0.0943. The number of hydrogen-bond donors (Lipinski definition) is 1. The molecule has 3 atom stereocenters. The highest BCUT2D eigenvalue weighted by molar-refractivity contribution is 7.88. The molecule has 0 unspecified atom stereocenters. The van der Waals surface area contributed by atoms with E-state index in [2.05, 4.69) is 28.0 Å². The van der Waals surface area contributed by atoms with Gasteiger partial charge >= 0.3 is 0 Å². The first-order chi connectivity index (χ1) is 9.92. The number of rotatable bonds is 5. The predicted octanol–water partition coefficient (Wildman–Crippen LogP) is 1.05. The topological polar surface area (TPSA) is 58.6 Å². The normalized spacial score (nSPS) is 29.9. The van der Waals surface area contributed by atoms with Crippen LogP contribution in [-0.2, 0) is 21.3 Å². The van der Waals surface area contributed by atoms with Crippen LogP contribution in [-0.4, -0.2) is 51.9 Å². The third kappa shape index (κ3) is 3.65. The van der Waals surface area contributed by atoms with Gasteiger partial charge in [-0.1, -0.05) is 0 Å². The van der Waals surface area contributed by atoms with Crippen LogP contribution < -0.4 is 4.72 Å². The van der Waals surface area contributed by atoms with Gasteiger partial charge in [0.05, 0.1) is 19.0 Å². The summed E-state index contributed by atoms with van der Waals surface area (Å²) in [5, 5.41) is 2.14. The molecule has 5 nitrogen and oxygen atoms in total. The van der Waals surface area contributed by atoms with Gasteiger partial charge in [-0.25, -0.2) is 13.1 Å². The zero-order chi connectivity index (χ0) is 15.0. The number of thiophene rings is 1. The maximum Gasteiger partial charge on any atom is 0.208 e. The summed E-state index contributed by atoms with van der Waals surface area (Å²) in [6, 6.07) is 2.16. The third-order valence-corrected chi connectivity index (χ3v) is 6.16. The van der Waals surface area contributed by atoms with E-state index in [0.29, 0.717) is 25.0 Å². The second-order valence-electron chi connectivity index (χ2n) is 6.14. The monoisotopic (exact) mass is 330 g/mol. The molecular formula is C14H22N2O3S2. The largest absolute Gasteiger partial charge is 0.376 e. The zero-order valence-electron chi connectivity index (χ0n) is 12.4. The van der Waals surface area contributed by atoms with Crippen LogP contribution in [0.25, 0.3) is 0 Å². The van der Waals surface area contributed by atoms with Gasteiger partial charge in [-0.15, -0.1) is 11.3 Å². The molecular weight excluding hydrogens is 308 g/mol. The molecule has 2 saturated heterocycles. The lowest BCUT2D eigenvalue weighted by Gasteiger charge is -2.19. The number of fused-ring (bicyclic) bond motifs is 1. The summed E-state index contributed by atoms with van der Waals surface area (Å²) >= 11 is 1.80. The van der Waals surface area contributed by atoms with Gasteiger partial charge in [0.2, 0.25) is 10.0 Å². The summed E-state index contributed by atoms with van der Waals surface area (Å²) in [5.74, 6) is 0.735. The van der Waals surface area contributed by atoms with Gasteiger partial charge in [-0.05, 0) is 23.9 Å². The number of sulfonamides is 1. The molecule has 0 spiro atoms. The molecule has 3 heterocycles. The number of aryl methyl sites for hydroxylation is 1. The van der Waals surface area contributed by atoms with Gasteiger partial charge in [-0.3, -0.25) is 4.90 Å². The fourth-order valence-corrected chi connectivity index (χ4v) is 4.71. The highest BCUT2D eigenvalue weighted by atomic mass is 32.2. The van der Waals surface area contributed by atoms with E-state index in [4.69, 9.17) is 4.74 Å². The van der Waals surface area contributed by atoms with Crippen molar-refractivity contribution in [1.29, 1.82) is 0 Å². The van der Waals surface area contributed by atoms with E-state index in [9.17, 15) is 8.42 Å². The molecule has 0 aromatic carbocycles. The minimum absolute atomic E-state index is 0.261. The van der Waals surface area contributed by atoms with Crippen molar-refractivity contribution in [2.24, 2.45) is 11.8 Å². The Bertz CT molecular complexity index is 599. The Labute approximate surface area is 130 Å². The Kier molecular flexibility index (Phi) is 4.38. The van der Waals surface area contributed by atoms with Crippen LogP contribution in [0.5, 0.6) is 0 Å². The summed E-state index contributed by atoms with van der Waals surface area (Å²) in [6.45, 7) is 6.25. The van der Waals surface area contributed by atoms with E-state index < -0.39 is 10.0 Å². The molecule has 2 aliphatic rings. The number of ether oxygens (including phenoxy) is 1. The van der Waals surface area contributed by atoms with Crippen molar-refractivity contribution in [3.63, 3.8) is 0 Å². The molecule has 0 saturated carbocycles. The Morgan fingerprint density at radius 2 is 2.29 bits per heavy atom. The quantitative estimate of drug-likeness (QED) is 0.877. The van der Waals surface area contributed by atoms with E-state index in [0.717, 1.165) is 19.6 Å². The molecule has 1 aromatic rings. The molecule has 2 aliphatic heterocycles. The molecule has 0 radical (unpaired) electrons. The first kappa shape index (κ1) is 15.4. The Balaban J connectivity index is 1.57. The molecule has 1 N–H and O–H groups in total. The standard InChI is InChI=1S/C14H22N2O3S2/c1-10-3-4-20-14(10)8-16-6-12-11(5-15-21(2,17)18)9-19-13(12)7-16/h3-4,11-13,15H,5-9H2,1-2H3/t11-,12-,13-/m0/s1. The van der Waals surface area contributed by atoms with Gasteiger partial charge in [0.15, 0.2) is 0 Å². The van der Waals surface area contributed by atoms with Crippen molar-refractivity contribution in [3.8, 4) is 0 Å². The average molecular weight is 330 g/mol. The molecule has 2 fully saturated rings. The summed E-state index contributed by atoms with van der Waals surface area (Å²) in [6.07, 6.45) is 1.47. The lowest BCUT2D eigenvalue weighted by atomic mass is 9.93. The van der Waals surface area contributed by atoms with E-state index in [-0.39, 0.29) is 6.10 Å². The second kappa shape index (κ2) is 5.96. The van der Waals surface area contributed by atoms with Crippen LogP contribution in [0.1, 0.15) is 10.4 Å². The van der Waals surface area contributed by atoms with Gasteiger partial charge in [0, 0.05) is 42.9 Å². The van der Waals surface area contributed by atoms with E-state index in [1.54, 1.807) is 11.3 Å². The first-order valence-electron chi connectivity index (χ1n) is 7.24. The smallest absolute Gasteiger partial charge is 0.208 e. The summed E-state index contributed by atoms with van der Waals surface area (Å²) in [4.78, 5) is 3.85. The minimum atomic E-state index is -3.12. The Morgan fingerprint density at radius 1 is 1.48 bits per heavy atom. The second-order valence-corrected chi connectivity index (χ2v) is 8.97. The highest BCUT2D eigenvalue weighted by Crippen LogP contribution is 2.34. The van der Waals surface area contributed by atoms with E-state index in [1.165, 1.54) is 16.7 Å². The number of likely N-dealkylation sites (tertiary alicyclic amines) is 1. The molecule has 0 amide bonds. The van der Waals surface area contributed by atoms with E-state index in [1.807, 2.05) is 0 Å². The van der Waals surface area contributed by atoms with Crippen molar-refractivity contribution in [3.05, 3.63) is 21.9 Å². The van der Waals surface area contributed by atoms with Gasteiger partial charge in [-0.2, -0.15) is 0 Å². The molecule has 21 heavy (non-hydrogen) atoms. The summed E-state index contributed by atoms with van der Waals surface area (Å²) in [5.41, 5.74) is 1.35. The fourth-order valence-electron chi connectivity index (χ4n) is 3.25. The Hall–Kier alpha value is -0.470. The maximum absolute atomic E-state index is 11.2. The molecule has 0 aliphatic carbocycles. The third-order valence-electron chi connectivity index (χ3n) is 4.46. The predicted molar refractivity (Wildman–Crippen MR) is 83.9 cm³/mol. The molecule has 1 aromatic heterocycles. The van der Waals surface area contributed by atoms with Crippen LogP contribution >= 0.6 is 11.3 Å². The van der Waals surface area contributed by atoms with Gasteiger partial charge < -0.3 is 4.74 Å². The fraction of sp³-hybridized carbons (Fsp3) is 0.714. The van der Waals surface area contributed by atoms with Crippen LogP contribution in [0.2, 0.25) is 0 Å². The average Bonchev–Trinajstić information content (AvgIpc) is 3.04. The van der Waals surface area contributed by atoms with Crippen LogP contribution in [0.3, 0.4) is 0 Å². The van der Waals surface area contributed by atoms with Gasteiger partial charge in [0.25, 0.3) is 0 Å². The first-order valence-corrected chi connectivity index (χ1v) is 10.0. The van der Waals surface area contributed by atoms with Crippen molar-refractivity contribution in [2.45, 2.75) is 19.6 Å². The molecule has 118 valence electrons. The highest BCUT2D eigenvalue weighted by Gasteiger charge is 2.43. The number of nitrogens with zero attached hydrogens (tertiary/aromatic N) is 1. The zero-order valence-corrected chi connectivity index (χ0v) is 14.0. The van der Waals surface area contributed by atoms with Crippen molar-refractivity contribution in [2.75, 3.05) is 32.5 Å². The van der Waals surface area contributed by atoms with Gasteiger partial charge in [0.1, 0.15) is 0 Å². The van der Waals surface area contributed by atoms with Crippen LogP contribution in [0, 0.1) is 18.8 Å². The number of nitrogens with one attached hydrogen (secondary N) is 1. The molecule has 3 rings (SSSR count). The summed E-state index contributed by atoms with van der Waals surface area (Å²) in [7, 11) is -3.12. The van der Waals surface area contributed by atoms with Crippen molar-refractivity contribution in [1.82, 2.24) is 9.62 Å². The Morgan fingerprint density at radius 3 is 2.95 bits per heavy atom. The number of hydrogen-bond acceptors (Lipinski definition) is 5. The maximum atomic E-state index is 11.2. The molecule has 7 heteroatoms. The SMILES string of the molecule is Cc1ccsc1CN1C[C@H]2[C@@H](CNS(C)(=O)=O)CO[C@H]2C1. The minimum Gasteiger partial charge on any atom is -0.376 e.